The van der Waals surface area contributed by atoms with Gasteiger partial charge in [-0.2, -0.15) is 0 Å². The second kappa shape index (κ2) is 4.07. The molecule has 1 aliphatic rings. The number of nitrogens with zero attached hydrogens (tertiary/aromatic N) is 2. The third-order valence-electron chi connectivity index (χ3n) is 3.26. The topological polar surface area (TPSA) is 83.7 Å². The summed E-state index contributed by atoms with van der Waals surface area (Å²) in [6.45, 7) is 0.730. The smallest absolute Gasteiger partial charge is 0.240 e. The number of aliphatic imine (C=N–C) groups is 1. The summed E-state index contributed by atoms with van der Waals surface area (Å²) in [6.07, 6.45) is 2.55. The zero-order valence-electron chi connectivity index (χ0n) is 10.3. The molecule has 1 aromatic heterocycles. The van der Waals surface area contributed by atoms with Crippen molar-refractivity contribution in [2.24, 2.45) is 4.99 Å². The predicted molar refractivity (Wildman–Crippen MR) is 72.6 cm³/mol. The van der Waals surface area contributed by atoms with Crippen molar-refractivity contribution in [3.63, 3.8) is 0 Å². The van der Waals surface area contributed by atoms with E-state index in [2.05, 4.69) is 9.71 Å². The highest BCUT2D eigenvalue weighted by atomic mass is 32.2. The van der Waals surface area contributed by atoms with E-state index in [9.17, 15) is 13.5 Å². The standard InChI is InChI=1S/C12H13N3O3S/c1-13-19(17,18)8-3-4-10-9(7-8)11(16)12-14-5-2-6-15(10)12/h3-5,7,13,16H,2,6H2,1H3. The summed E-state index contributed by atoms with van der Waals surface area (Å²) < 4.78 is 27.7. The molecule has 0 saturated carbocycles. The molecule has 0 unspecified atom stereocenters. The highest BCUT2D eigenvalue weighted by molar-refractivity contribution is 7.89. The van der Waals surface area contributed by atoms with Crippen LogP contribution in [0.1, 0.15) is 6.42 Å². The van der Waals surface area contributed by atoms with Gasteiger partial charge < -0.3 is 9.67 Å². The molecular formula is C12H13N3O3S. The van der Waals surface area contributed by atoms with Crippen molar-refractivity contribution >= 4 is 33.0 Å². The number of aromatic hydroxyl groups is 1. The fraction of sp³-hybridized carbons (Fsp3) is 0.250. The molecule has 2 N–H and O–H groups in total. The van der Waals surface area contributed by atoms with Crippen LogP contribution in [-0.2, 0) is 16.6 Å². The van der Waals surface area contributed by atoms with Gasteiger partial charge in [0.25, 0.3) is 0 Å². The number of benzene rings is 1. The van der Waals surface area contributed by atoms with Gasteiger partial charge in [0.05, 0.1) is 10.4 Å². The van der Waals surface area contributed by atoms with E-state index in [4.69, 9.17) is 0 Å². The Bertz CT molecular complexity index is 790. The van der Waals surface area contributed by atoms with E-state index in [1.165, 1.54) is 19.2 Å². The van der Waals surface area contributed by atoms with Gasteiger partial charge in [-0.15, -0.1) is 0 Å². The van der Waals surface area contributed by atoms with Crippen molar-refractivity contribution < 1.29 is 13.5 Å². The predicted octanol–water partition coefficient (Wildman–Crippen LogP) is 1.36. The SMILES string of the molecule is CNS(=O)(=O)c1ccc2c(c1)c(O)c1n2CCC=N1. The number of fused-ring (bicyclic) bond motifs is 3. The number of aromatic nitrogens is 1. The van der Waals surface area contributed by atoms with Crippen LogP contribution in [0.5, 0.6) is 5.75 Å². The minimum Gasteiger partial charge on any atom is -0.504 e. The lowest BCUT2D eigenvalue weighted by Crippen LogP contribution is -2.18. The molecule has 0 aliphatic carbocycles. The Kier molecular flexibility index (Phi) is 2.61. The zero-order chi connectivity index (χ0) is 13.6. The fourth-order valence-corrected chi connectivity index (χ4v) is 3.04. The van der Waals surface area contributed by atoms with Crippen molar-refractivity contribution in [1.29, 1.82) is 0 Å². The van der Waals surface area contributed by atoms with Gasteiger partial charge in [0, 0.05) is 24.6 Å². The fourth-order valence-electron chi connectivity index (χ4n) is 2.28. The molecule has 2 aromatic rings. The third kappa shape index (κ3) is 1.73. The van der Waals surface area contributed by atoms with E-state index >= 15 is 0 Å². The van der Waals surface area contributed by atoms with Crippen LogP contribution in [0.15, 0.2) is 28.1 Å². The van der Waals surface area contributed by atoms with E-state index in [0.29, 0.717) is 11.2 Å². The van der Waals surface area contributed by atoms with Crippen LogP contribution >= 0.6 is 0 Å². The molecule has 0 bridgehead atoms. The van der Waals surface area contributed by atoms with Gasteiger partial charge in [-0.3, -0.25) is 0 Å². The van der Waals surface area contributed by atoms with Crippen molar-refractivity contribution in [3.8, 4) is 5.75 Å². The summed E-state index contributed by atoms with van der Waals surface area (Å²) in [7, 11) is -2.16. The van der Waals surface area contributed by atoms with Crippen LogP contribution < -0.4 is 4.72 Å². The van der Waals surface area contributed by atoms with E-state index in [1.807, 2.05) is 4.57 Å². The van der Waals surface area contributed by atoms with E-state index < -0.39 is 10.0 Å². The van der Waals surface area contributed by atoms with E-state index in [-0.39, 0.29) is 10.6 Å². The first-order valence-corrected chi connectivity index (χ1v) is 7.34. The lowest BCUT2D eigenvalue weighted by molar-refractivity contribution is 0.480. The zero-order valence-corrected chi connectivity index (χ0v) is 11.1. The number of rotatable bonds is 2. The summed E-state index contributed by atoms with van der Waals surface area (Å²) in [6, 6.07) is 4.69. The molecule has 0 radical (unpaired) electrons. The quantitative estimate of drug-likeness (QED) is 0.870. The minimum absolute atomic E-state index is 0.0269. The molecule has 3 rings (SSSR count). The van der Waals surface area contributed by atoms with Gasteiger partial charge in [0.15, 0.2) is 11.6 Å². The highest BCUT2D eigenvalue weighted by Gasteiger charge is 2.20. The number of nitrogens with one attached hydrogen (secondary N) is 1. The van der Waals surface area contributed by atoms with Crippen LogP contribution in [-0.4, -0.2) is 31.4 Å². The molecule has 1 aromatic carbocycles. The maximum absolute atomic E-state index is 11.8. The van der Waals surface area contributed by atoms with Crippen LogP contribution in [0.2, 0.25) is 0 Å². The molecule has 0 amide bonds. The first-order valence-electron chi connectivity index (χ1n) is 5.86. The van der Waals surface area contributed by atoms with Crippen molar-refractivity contribution in [1.82, 2.24) is 9.29 Å². The second-order valence-electron chi connectivity index (χ2n) is 4.31. The molecule has 0 spiro atoms. The maximum atomic E-state index is 11.8. The Labute approximate surface area is 110 Å². The average Bonchev–Trinajstić information content (AvgIpc) is 2.73. The minimum atomic E-state index is -3.52. The first-order chi connectivity index (χ1) is 9.04. The van der Waals surface area contributed by atoms with Gasteiger partial charge in [0.1, 0.15) is 0 Å². The van der Waals surface area contributed by atoms with Crippen LogP contribution in [0, 0.1) is 0 Å². The number of hydrogen-bond acceptors (Lipinski definition) is 4. The molecular weight excluding hydrogens is 266 g/mol. The van der Waals surface area contributed by atoms with Gasteiger partial charge in [-0.25, -0.2) is 18.1 Å². The molecule has 0 atom stereocenters. The molecule has 2 heterocycles. The lowest BCUT2D eigenvalue weighted by Gasteiger charge is -2.09. The maximum Gasteiger partial charge on any atom is 0.240 e. The van der Waals surface area contributed by atoms with Gasteiger partial charge in [0.2, 0.25) is 10.0 Å². The Balaban J connectivity index is 2.31. The summed E-state index contributed by atoms with van der Waals surface area (Å²) >= 11 is 0. The second-order valence-corrected chi connectivity index (χ2v) is 6.20. The molecule has 19 heavy (non-hydrogen) atoms. The molecule has 100 valence electrons. The molecule has 6 nitrogen and oxygen atoms in total. The summed E-state index contributed by atoms with van der Waals surface area (Å²) in [5.74, 6) is 0.513. The number of sulfonamides is 1. The monoisotopic (exact) mass is 279 g/mol. The van der Waals surface area contributed by atoms with Crippen LogP contribution in [0.25, 0.3) is 10.9 Å². The Morgan fingerprint density at radius 1 is 1.42 bits per heavy atom. The summed E-state index contributed by atoms with van der Waals surface area (Å²) in [4.78, 5) is 4.29. The summed E-state index contributed by atoms with van der Waals surface area (Å²) in [5, 5.41) is 10.7. The Morgan fingerprint density at radius 2 is 2.21 bits per heavy atom. The Hall–Kier alpha value is -1.86. The van der Waals surface area contributed by atoms with Crippen molar-refractivity contribution in [2.45, 2.75) is 17.9 Å². The summed E-state index contributed by atoms with van der Waals surface area (Å²) in [5.41, 5.74) is 0.791. The number of hydrogen-bond donors (Lipinski definition) is 2. The molecule has 0 saturated heterocycles. The largest absolute Gasteiger partial charge is 0.504 e. The van der Waals surface area contributed by atoms with E-state index in [1.54, 1.807) is 12.3 Å². The van der Waals surface area contributed by atoms with Gasteiger partial charge >= 0.3 is 0 Å². The van der Waals surface area contributed by atoms with Gasteiger partial charge in [-0.05, 0) is 25.2 Å². The third-order valence-corrected chi connectivity index (χ3v) is 4.67. The molecule has 7 heteroatoms. The lowest BCUT2D eigenvalue weighted by atomic mass is 10.2. The van der Waals surface area contributed by atoms with Gasteiger partial charge in [-0.1, -0.05) is 0 Å². The number of aryl methyl sites for hydroxylation is 1. The van der Waals surface area contributed by atoms with Crippen molar-refractivity contribution in [2.75, 3.05) is 7.05 Å². The van der Waals surface area contributed by atoms with Crippen molar-refractivity contribution in [3.05, 3.63) is 18.2 Å². The van der Waals surface area contributed by atoms with Crippen LogP contribution in [0.4, 0.5) is 5.82 Å². The molecule has 1 aliphatic heterocycles. The van der Waals surface area contributed by atoms with Crippen LogP contribution in [0.3, 0.4) is 0 Å². The normalized spacial score (nSPS) is 14.8. The average molecular weight is 279 g/mol. The molecule has 0 fully saturated rings. The highest BCUT2D eigenvalue weighted by Crippen LogP contribution is 2.40. The Morgan fingerprint density at radius 3 is 2.95 bits per heavy atom. The first kappa shape index (κ1) is 12.2. The van der Waals surface area contributed by atoms with E-state index in [0.717, 1.165) is 18.5 Å².